The van der Waals surface area contributed by atoms with Gasteiger partial charge >= 0.3 is 0 Å². The van der Waals surface area contributed by atoms with Crippen LogP contribution >= 0.6 is 0 Å². The lowest BCUT2D eigenvalue weighted by atomic mass is 10.1. The maximum atomic E-state index is 11.4. The molecule has 1 saturated heterocycles. The minimum Gasteiger partial charge on any atom is -0.340 e. The van der Waals surface area contributed by atoms with Crippen molar-refractivity contribution in [2.24, 2.45) is 11.7 Å². The van der Waals surface area contributed by atoms with Gasteiger partial charge in [0.15, 0.2) is 0 Å². The number of nitrogens with zero attached hydrogens (tertiary/aromatic N) is 1. The van der Waals surface area contributed by atoms with E-state index in [2.05, 4.69) is 0 Å². The van der Waals surface area contributed by atoms with Gasteiger partial charge in [-0.05, 0) is 20.3 Å². The molecule has 0 radical (unpaired) electrons. The Hall–Kier alpha value is -0.570. The van der Waals surface area contributed by atoms with E-state index in [1.807, 2.05) is 18.7 Å². The summed E-state index contributed by atoms with van der Waals surface area (Å²) in [6.07, 6.45) is 0.938. The van der Waals surface area contributed by atoms with Crippen molar-refractivity contribution in [1.29, 1.82) is 0 Å². The summed E-state index contributed by atoms with van der Waals surface area (Å²) in [4.78, 5) is 13.3. The molecule has 0 aliphatic carbocycles. The minimum absolute atomic E-state index is 0.0948. The van der Waals surface area contributed by atoms with E-state index in [1.54, 1.807) is 0 Å². The molecule has 1 amide bonds. The summed E-state index contributed by atoms with van der Waals surface area (Å²) in [7, 11) is 0. The van der Waals surface area contributed by atoms with Gasteiger partial charge in [0.2, 0.25) is 5.91 Å². The number of carbonyl (C=O) groups excluding carboxylic acids is 1. The Morgan fingerprint density at radius 3 is 2.64 bits per heavy atom. The molecule has 0 bridgehead atoms. The number of hydrogen-bond donors (Lipinski definition) is 1. The lowest BCUT2D eigenvalue weighted by molar-refractivity contribution is -0.132. The monoisotopic (exact) mass is 156 g/mol. The third-order valence-corrected chi connectivity index (χ3v) is 2.26. The van der Waals surface area contributed by atoms with E-state index in [1.165, 1.54) is 0 Å². The highest BCUT2D eigenvalue weighted by Gasteiger charge is 2.31. The Bertz CT molecular complexity index is 156. The fourth-order valence-corrected chi connectivity index (χ4v) is 1.49. The van der Waals surface area contributed by atoms with Crippen LogP contribution in [-0.4, -0.2) is 29.9 Å². The van der Waals surface area contributed by atoms with E-state index >= 15 is 0 Å². The van der Waals surface area contributed by atoms with E-state index in [9.17, 15) is 4.79 Å². The second kappa shape index (κ2) is 3.22. The average molecular weight is 156 g/mol. The van der Waals surface area contributed by atoms with Crippen molar-refractivity contribution in [2.45, 2.75) is 26.3 Å². The Kier molecular flexibility index (Phi) is 2.49. The summed E-state index contributed by atoms with van der Waals surface area (Å²) in [6.45, 7) is 5.47. The Morgan fingerprint density at radius 1 is 1.73 bits per heavy atom. The van der Waals surface area contributed by atoms with Crippen LogP contribution in [0.4, 0.5) is 0 Å². The van der Waals surface area contributed by atoms with Gasteiger partial charge in [0.1, 0.15) is 0 Å². The van der Waals surface area contributed by atoms with Crippen molar-refractivity contribution in [2.75, 3.05) is 13.1 Å². The Balaban J connectivity index is 2.56. The van der Waals surface area contributed by atoms with Gasteiger partial charge in [0, 0.05) is 19.1 Å². The summed E-state index contributed by atoms with van der Waals surface area (Å²) >= 11 is 0. The number of carbonyl (C=O) groups is 1. The normalized spacial score (nSPS) is 25.3. The molecule has 11 heavy (non-hydrogen) atoms. The van der Waals surface area contributed by atoms with Crippen LogP contribution in [0, 0.1) is 5.92 Å². The second-order valence-corrected chi connectivity index (χ2v) is 3.35. The molecular formula is C8H16N2O. The standard InChI is InChI=1S/C8H16N2O/c1-6(2)10-4-3-7(5-9)8(10)11/h6-7H,3-5,9H2,1-2H3/t7-/m1/s1. The first-order valence-corrected chi connectivity index (χ1v) is 4.17. The maximum Gasteiger partial charge on any atom is 0.227 e. The zero-order valence-corrected chi connectivity index (χ0v) is 7.21. The van der Waals surface area contributed by atoms with E-state index < -0.39 is 0 Å². The highest BCUT2D eigenvalue weighted by Crippen LogP contribution is 2.18. The molecule has 1 fully saturated rings. The van der Waals surface area contributed by atoms with Crippen LogP contribution in [0.15, 0.2) is 0 Å². The molecule has 0 saturated carbocycles. The second-order valence-electron chi connectivity index (χ2n) is 3.35. The Labute approximate surface area is 67.5 Å². The van der Waals surface area contributed by atoms with Gasteiger partial charge in [-0.3, -0.25) is 4.79 Å². The molecule has 1 heterocycles. The van der Waals surface area contributed by atoms with Gasteiger partial charge in [-0.25, -0.2) is 0 Å². The molecule has 2 N–H and O–H groups in total. The Morgan fingerprint density at radius 2 is 2.36 bits per heavy atom. The lowest BCUT2D eigenvalue weighted by Crippen LogP contribution is -2.35. The third kappa shape index (κ3) is 1.53. The predicted molar refractivity (Wildman–Crippen MR) is 44.0 cm³/mol. The fourth-order valence-electron chi connectivity index (χ4n) is 1.49. The molecule has 0 unspecified atom stereocenters. The minimum atomic E-state index is 0.0948. The first kappa shape index (κ1) is 8.53. The molecule has 1 atom stereocenters. The van der Waals surface area contributed by atoms with Gasteiger partial charge in [-0.2, -0.15) is 0 Å². The molecule has 1 rings (SSSR count). The average Bonchev–Trinajstić information content (AvgIpc) is 2.30. The van der Waals surface area contributed by atoms with E-state index in [-0.39, 0.29) is 11.8 Å². The van der Waals surface area contributed by atoms with Crippen LogP contribution in [0.3, 0.4) is 0 Å². The fraction of sp³-hybridized carbons (Fsp3) is 0.875. The number of likely N-dealkylation sites (tertiary alicyclic amines) is 1. The SMILES string of the molecule is CC(C)N1CC[C@H](CN)C1=O. The molecule has 0 aromatic heterocycles. The number of nitrogens with two attached hydrogens (primary N) is 1. The molecule has 64 valence electrons. The molecule has 1 aliphatic heterocycles. The van der Waals surface area contributed by atoms with E-state index in [0.717, 1.165) is 13.0 Å². The molecule has 0 spiro atoms. The molecule has 3 nitrogen and oxygen atoms in total. The van der Waals surface area contributed by atoms with Crippen molar-refractivity contribution < 1.29 is 4.79 Å². The summed E-state index contributed by atoms with van der Waals surface area (Å²) in [5.74, 6) is 0.333. The van der Waals surface area contributed by atoms with Crippen LogP contribution in [0.5, 0.6) is 0 Å². The van der Waals surface area contributed by atoms with Crippen LogP contribution in [0.25, 0.3) is 0 Å². The molecule has 3 heteroatoms. The first-order chi connectivity index (χ1) is 5.16. The summed E-state index contributed by atoms with van der Waals surface area (Å²) < 4.78 is 0. The lowest BCUT2D eigenvalue weighted by Gasteiger charge is -2.20. The number of hydrogen-bond acceptors (Lipinski definition) is 2. The van der Waals surface area contributed by atoms with Crippen LogP contribution in [0.2, 0.25) is 0 Å². The smallest absolute Gasteiger partial charge is 0.227 e. The van der Waals surface area contributed by atoms with Gasteiger partial charge in [0.05, 0.1) is 5.92 Å². The molecule has 0 aromatic rings. The highest BCUT2D eigenvalue weighted by atomic mass is 16.2. The van der Waals surface area contributed by atoms with E-state index in [4.69, 9.17) is 5.73 Å². The predicted octanol–water partition coefficient (Wildman–Crippen LogP) is 0.202. The van der Waals surface area contributed by atoms with Crippen LogP contribution < -0.4 is 5.73 Å². The maximum absolute atomic E-state index is 11.4. The van der Waals surface area contributed by atoms with Gasteiger partial charge in [-0.1, -0.05) is 0 Å². The van der Waals surface area contributed by atoms with Crippen LogP contribution in [-0.2, 0) is 4.79 Å². The number of amides is 1. The zero-order chi connectivity index (χ0) is 8.43. The molecular weight excluding hydrogens is 140 g/mol. The van der Waals surface area contributed by atoms with Crippen molar-refractivity contribution >= 4 is 5.91 Å². The van der Waals surface area contributed by atoms with Gasteiger partial charge in [0.25, 0.3) is 0 Å². The van der Waals surface area contributed by atoms with Gasteiger partial charge < -0.3 is 10.6 Å². The molecule has 0 aromatic carbocycles. The van der Waals surface area contributed by atoms with Crippen molar-refractivity contribution in [3.63, 3.8) is 0 Å². The van der Waals surface area contributed by atoms with E-state index in [0.29, 0.717) is 12.6 Å². The van der Waals surface area contributed by atoms with Crippen molar-refractivity contribution in [3.05, 3.63) is 0 Å². The largest absolute Gasteiger partial charge is 0.340 e. The molecule has 1 aliphatic rings. The van der Waals surface area contributed by atoms with Crippen LogP contribution in [0.1, 0.15) is 20.3 Å². The topological polar surface area (TPSA) is 46.3 Å². The number of rotatable bonds is 2. The summed E-state index contributed by atoms with van der Waals surface area (Å²) in [6, 6.07) is 0.332. The highest BCUT2D eigenvalue weighted by molar-refractivity contribution is 5.81. The third-order valence-electron chi connectivity index (χ3n) is 2.26. The van der Waals surface area contributed by atoms with Gasteiger partial charge in [-0.15, -0.1) is 0 Å². The van der Waals surface area contributed by atoms with Crippen molar-refractivity contribution in [1.82, 2.24) is 4.90 Å². The quantitative estimate of drug-likeness (QED) is 0.621. The van der Waals surface area contributed by atoms with Crippen molar-refractivity contribution in [3.8, 4) is 0 Å². The zero-order valence-electron chi connectivity index (χ0n) is 7.21. The summed E-state index contributed by atoms with van der Waals surface area (Å²) in [5.41, 5.74) is 5.44. The first-order valence-electron chi connectivity index (χ1n) is 4.17. The summed E-state index contributed by atoms with van der Waals surface area (Å²) in [5, 5.41) is 0.